The number of aliphatic hydroxyl groups excluding tert-OH is 4. The molecule has 14 unspecified atom stereocenters. The molecule has 9 heteroatoms. The van der Waals surface area contributed by atoms with E-state index in [4.69, 9.17) is 14.2 Å². The van der Waals surface area contributed by atoms with Crippen LogP contribution in [0.15, 0.2) is 11.6 Å². The van der Waals surface area contributed by atoms with Crippen LogP contribution in [0.5, 0.6) is 0 Å². The van der Waals surface area contributed by atoms with Crippen molar-refractivity contribution in [3.8, 4) is 0 Å². The lowest BCUT2D eigenvalue weighted by Crippen LogP contribution is -2.69. The summed E-state index contributed by atoms with van der Waals surface area (Å²) in [6.07, 6.45) is 0.718. The molecular weight excluding hydrogens is 492 g/mol. The first-order valence-corrected chi connectivity index (χ1v) is 14.5. The van der Waals surface area contributed by atoms with Crippen molar-refractivity contribution in [3.05, 3.63) is 11.6 Å². The number of hydrogen-bond donors (Lipinski definition) is 5. The van der Waals surface area contributed by atoms with Gasteiger partial charge < -0.3 is 39.7 Å². The highest BCUT2D eigenvalue weighted by Crippen LogP contribution is 2.69. The number of hydrogen-bond acceptors (Lipinski definition) is 9. The number of carbonyl (C=O) groups is 1. The summed E-state index contributed by atoms with van der Waals surface area (Å²) < 4.78 is 17.0. The van der Waals surface area contributed by atoms with Crippen LogP contribution in [0.1, 0.15) is 72.1 Å². The van der Waals surface area contributed by atoms with Gasteiger partial charge in [0.05, 0.1) is 23.9 Å². The number of ether oxygens (including phenoxy) is 3. The van der Waals surface area contributed by atoms with Crippen molar-refractivity contribution in [2.24, 2.45) is 34.5 Å². The van der Waals surface area contributed by atoms with E-state index in [0.717, 1.165) is 31.3 Å². The summed E-state index contributed by atoms with van der Waals surface area (Å²) in [5, 5.41) is 54.3. The van der Waals surface area contributed by atoms with Crippen LogP contribution in [-0.4, -0.2) is 86.6 Å². The second-order valence-corrected chi connectivity index (χ2v) is 13.7. The van der Waals surface area contributed by atoms with Gasteiger partial charge in [-0.25, -0.2) is 4.79 Å². The van der Waals surface area contributed by atoms with E-state index in [2.05, 4.69) is 13.8 Å². The zero-order valence-corrected chi connectivity index (χ0v) is 22.7. The Hall–Kier alpha value is -1.07. The Labute approximate surface area is 224 Å². The number of aliphatic hydroxyl groups is 5. The maximum atomic E-state index is 12.1. The molecule has 0 amide bonds. The Morgan fingerprint density at radius 1 is 0.974 bits per heavy atom. The summed E-state index contributed by atoms with van der Waals surface area (Å²) in [6, 6.07) is 0. The molecule has 4 aliphatic carbocycles. The molecule has 214 valence electrons. The van der Waals surface area contributed by atoms with E-state index in [9.17, 15) is 30.3 Å². The third-order valence-electron chi connectivity index (χ3n) is 12.1. The lowest BCUT2D eigenvalue weighted by atomic mass is 9.42. The molecule has 2 aliphatic heterocycles. The molecule has 14 atom stereocenters. The molecule has 4 saturated carbocycles. The fraction of sp³-hybridized carbons (Fsp3) is 0.897. The first-order chi connectivity index (χ1) is 17.9. The number of cyclic esters (lactones) is 1. The summed E-state index contributed by atoms with van der Waals surface area (Å²) in [4.78, 5) is 11.8. The van der Waals surface area contributed by atoms with Crippen LogP contribution < -0.4 is 0 Å². The molecule has 0 bridgehead atoms. The molecule has 9 nitrogen and oxygen atoms in total. The van der Waals surface area contributed by atoms with E-state index < -0.39 is 53.9 Å². The van der Waals surface area contributed by atoms with Crippen molar-refractivity contribution in [2.45, 2.75) is 121 Å². The highest BCUT2D eigenvalue weighted by atomic mass is 16.7. The lowest BCUT2D eigenvalue weighted by molar-refractivity contribution is -0.323. The van der Waals surface area contributed by atoms with Crippen molar-refractivity contribution < 1.29 is 44.5 Å². The fourth-order valence-electron chi connectivity index (χ4n) is 9.87. The van der Waals surface area contributed by atoms with Gasteiger partial charge >= 0.3 is 5.97 Å². The monoisotopic (exact) mass is 536 g/mol. The van der Waals surface area contributed by atoms with Gasteiger partial charge in [0.15, 0.2) is 6.29 Å². The second kappa shape index (κ2) is 9.23. The van der Waals surface area contributed by atoms with Crippen molar-refractivity contribution >= 4 is 5.97 Å². The van der Waals surface area contributed by atoms with Gasteiger partial charge in [-0.15, -0.1) is 0 Å². The molecule has 1 saturated heterocycles. The molecule has 0 radical (unpaired) electrons. The van der Waals surface area contributed by atoms with Crippen molar-refractivity contribution in [3.63, 3.8) is 0 Å². The number of esters is 1. The number of fused-ring (bicyclic) bond motifs is 5. The Morgan fingerprint density at radius 2 is 1.74 bits per heavy atom. The Kier molecular flexibility index (Phi) is 6.58. The Balaban J connectivity index is 1.20. The minimum Gasteiger partial charge on any atom is -0.458 e. The molecule has 6 rings (SSSR count). The van der Waals surface area contributed by atoms with Gasteiger partial charge in [0.2, 0.25) is 0 Å². The van der Waals surface area contributed by atoms with Gasteiger partial charge in [0.1, 0.15) is 24.9 Å². The van der Waals surface area contributed by atoms with Crippen LogP contribution >= 0.6 is 0 Å². The van der Waals surface area contributed by atoms with Crippen LogP contribution in [0.25, 0.3) is 0 Å². The van der Waals surface area contributed by atoms with Crippen LogP contribution in [0.4, 0.5) is 0 Å². The molecule has 0 aromatic heterocycles. The van der Waals surface area contributed by atoms with Gasteiger partial charge in [-0.3, -0.25) is 0 Å². The van der Waals surface area contributed by atoms with E-state index in [1.54, 1.807) is 13.0 Å². The topological polar surface area (TPSA) is 146 Å². The molecule has 2 heterocycles. The summed E-state index contributed by atoms with van der Waals surface area (Å²) >= 11 is 0. The maximum Gasteiger partial charge on any atom is 0.331 e. The standard InChI is InChI=1S/C29H44O9/c1-14-23(32)24(33)25(34)26(37-14)38-16-6-9-28(3)20-7-8-27(2)18(15-10-22(31)36-13-15)4-5-19(27)17(20)11-21(30)29(28,35)12-16/h10,14,16-21,23-26,30,32-35H,4-9,11-13H2,1-3H3. The minimum atomic E-state index is -1.40. The van der Waals surface area contributed by atoms with Crippen molar-refractivity contribution in [2.75, 3.05) is 6.61 Å². The average molecular weight is 537 g/mol. The van der Waals surface area contributed by atoms with Gasteiger partial charge in [-0.2, -0.15) is 0 Å². The first-order valence-electron chi connectivity index (χ1n) is 14.5. The maximum absolute atomic E-state index is 12.1. The summed E-state index contributed by atoms with van der Waals surface area (Å²) in [5.74, 6) is 1.09. The SMILES string of the molecule is CC1OC(OC2CCC3(C)C4CCC5(C)C(C6=CC(=O)OC6)CCC5C4CC(O)C3(O)C2)C(O)C(O)C1O. The average Bonchev–Trinajstić information content (AvgIpc) is 3.45. The van der Waals surface area contributed by atoms with Crippen molar-refractivity contribution in [1.82, 2.24) is 0 Å². The fourth-order valence-corrected chi connectivity index (χ4v) is 9.87. The van der Waals surface area contributed by atoms with Gasteiger partial charge in [0, 0.05) is 17.9 Å². The Bertz CT molecular complexity index is 985. The molecule has 5 fully saturated rings. The predicted molar refractivity (Wildman–Crippen MR) is 134 cm³/mol. The smallest absolute Gasteiger partial charge is 0.331 e. The molecule has 38 heavy (non-hydrogen) atoms. The van der Waals surface area contributed by atoms with E-state index in [-0.39, 0.29) is 23.7 Å². The summed E-state index contributed by atoms with van der Waals surface area (Å²) in [5.41, 5.74) is -0.631. The van der Waals surface area contributed by atoms with E-state index >= 15 is 0 Å². The largest absolute Gasteiger partial charge is 0.458 e. The van der Waals surface area contributed by atoms with Gasteiger partial charge in [0.25, 0.3) is 0 Å². The molecular formula is C29H44O9. The number of rotatable bonds is 3. The van der Waals surface area contributed by atoms with Gasteiger partial charge in [-0.05, 0) is 86.5 Å². The third kappa shape index (κ3) is 3.80. The summed E-state index contributed by atoms with van der Waals surface area (Å²) in [7, 11) is 0. The number of carbonyl (C=O) groups excluding carboxylic acids is 1. The molecule has 0 spiro atoms. The van der Waals surface area contributed by atoms with Crippen LogP contribution in [-0.2, 0) is 19.0 Å². The van der Waals surface area contributed by atoms with E-state index in [1.165, 1.54) is 0 Å². The van der Waals surface area contributed by atoms with Crippen LogP contribution in [0.2, 0.25) is 0 Å². The Morgan fingerprint density at radius 3 is 2.45 bits per heavy atom. The summed E-state index contributed by atoms with van der Waals surface area (Å²) in [6.45, 7) is 6.51. The normalized spacial score (nSPS) is 56.5. The molecule has 5 N–H and O–H groups in total. The van der Waals surface area contributed by atoms with Gasteiger partial charge in [-0.1, -0.05) is 13.8 Å². The third-order valence-corrected chi connectivity index (χ3v) is 12.1. The van der Waals surface area contributed by atoms with E-state index in [0.29, 0.717) is 43.6 Å². The minimum absolute atomic E-state index is 0.0589. The van der Waals surface area contributed by atoms with Crippen molar-refractivity contribution in [1.29, 1.82) is 0 Å². The molecule has 0 aromatic carbocycles. The zero-order chi connectivity index (χ0) is 27.2. The first kappa shape index (κ1) is 27.1. The second-order valence-electron chi connectivity index (χ2n) is 13.7. The highest BCUT2D eigenvalue weighted by molar-refractivity contribution is 5.85. The molecule has 0 aromatic rings. The van der Waals surface area contributed by atoms with Crippen LogP contribution in [0, 0.1) is 34.5 Å². The molecule has 6 aliphatic rings. The zero-order valence-electron chi connectivity index (χ0n) is 22.7. The van der Waals surface area contributed by atoms with E-state index in [1.807, 2.05) is 0 Å². The highest BCUT2D eigenvalue weighted by Gasteiger charge is 2.68. The predicted octanol–water partition coefficient (Wildman–Crippen LogP) is 1.43. The lowest BCUT2D eigenvalue weighted by Gasteiger charge is -2.65. The quantitative estimate of drug-likeness (QED) is 0.267. The van der Waals surface area contributed by atoms with Crippen LogP contribution in [0.3, 0.4) is 0 Å².